The van der Waals surface area contributed by atoms with Gasteiger partial charge in [0.05, 0.1) is 0 Å². The van der Waals surface area contributed by atoms with Gasteiger partial charge in [-0.15, -0.1) is 4.39 Å². The third-order valence-corrected chi connectivity index (χ3v) is 0.688. The van der Waals surface area contributed by atoms with Gasteiger partial charge in [0, 0.05) is 0 Å². The van der Waals surface area contributed by atoms with Gasteiger partial charge in [0.1, 0.15) is 6.61 Å². The van der Waals surface area contributed by atoms with Crippen LogP contribution in [0.1, 0.15) is 13.8 Å². The lowest BCUT2D eigenvalue weighted by Gasteiger charge is -1.91. The summed E-state index contributed by atoms with van der Waals surface area (Å²) in [6.45, 7) is 3.70. The van der Waals surface area contributed by atoms with Gasteiger partial charge in [0.2, 0.25) is 0 Å². The molecule has 9 heavy (non-hydrogen) atoms. The third kappa shape index (κ3) is 7.14. The van der Waals surface area contributed by atoms with Crippen molar-refractivity contribution in [3.8, 4) is 0 Å². The van der Waals surface area contributed by atoms with Crippen molar-refractivity contribution >= 4 is 6.22 Å². The van der Waals surface area contributed by atoms with E-state index in [0.29, 0.717) is 0 Å². The van der Waals surface area contributed by atoms with Gasteiger partial charge in [-0.3, -0.25) is 0 Å². The van der Waals surface area contributed by atoms with Crippen molar-refractivity contribution in [1.82, 2.24) is 0 Å². The number of halogens is 1. The van der Waals surface area contributed by atoms with Crippen molar-refractivity contribution in [2.45, 2.75) is 13.8 Å². The number of ether oxygens (including phenoxy) is 1. The number of allylic oxidation sites excluding steroid dienone is 1. The smallest absolute Gasteiger partial charge is 0.436 e. The molecule has 0 saturated carbocycles. The molecule has 0 radical (unpaired) electrons. The van der Waals surface area contributed by atoms with Crippen molar-refractivity contribution in [2.75, 3.05) is 6.61 Å². The van der Waals surface area contributed by atoms with Gasteiger partial charge in [-0.2, -0.15) is 0 Å². The van der Waals surface area contributed by atoms with E-state index in [1.165, 1.54) is 0 Å². The molecule has 0 saturated heterocycles. The lowest BCUT2D eigenvalue weighted by atomic mass is 10.3. The first-order chi connectivity index (χ1) is 4.13. The van der Waals surface area contributed by atoms with Crippen molar-refractivity contribution in [2.24, 2.45) is 0 Å². The Morgan fingerprint density at radius 3 is 2.56 bits per heavy atom. The second-order valence-electron chi connectivity index (χ2n) is 1.83. The van der Waals surface area contributed by atoms with Gasteiger partial charge < -0.3 is 4.74 Å². The lowest BCUT2D eigenvalue weighted by molar-refractivity contribution is 0.132. The molecule has 0 heterocycles. The average Bonchev–Trinajstić information content (AvgIpc) is 1.63. The van der Waals surface area contributed by atoms with Crippen LogP contribution < -0.4 is 0 Å². The summed E-state index contributed by atoms with van der Waals surface area (Å²) in [7, 11) is 0. The van der Waals surface area contributed by atoms with Crippen LogP contribution in [-0.2, 0) is 4.74 Å². The number of rotatable bonds is 2. The minimum Gasteiger partial charge on any atom is -0.436 e. The van der Waals surface area contributed by atoms with Gasteiger partial charge in [-0.05, 0) is 19.9 Å². The van der Waals surface area contributed by atoms with E-state index in [9.17, 15) is 9.18 Å². The highest BCUT2D eigenvalue weighted by Gasteiger charge is 1.92. The van der Waals surface area contributed by atoms with Gasteiger partial charge in [-0.25, -0.2) is 4.79 Å². The molecule has 0 aliphatic rings. The Kier molecular flexibility index (Phi) is 3.67. The molecule has 0 atom stereocenters. The van der Waals surface area contributed by atoms with Crippen LogP contribution in [0.4, 0.5) is 9.18 Å². The summed E-state index contributed by atoms with van der Waals surface area (Å²) in [5.41, 5.74) is 0.997. The number of carbonyl (C=O) groups is 1. The Labute approximate surface area is 53.3 Å². The summed E-state index contributed by atoms with van der Waals surface area (Å²) in [4.78, 5) is 9.51. The molecule has 0 unspecified atom stereocenters. The Hall–Kier alpha value is -0.860. The zero-order chi connectivity index (χ0) is 7.28. The van der Waals surface area contributed by atoms with Gasteiger partial charge in [0.25, 0.3) is 0 Å². The highest BCUT2D eigenvalue weighted by molar-refractivity contribution is 5.58. The number of hydrogen-bond acceptors (Lipinski definition) is 2. The van der Waals surface area contributed by atoms with Crippen LogP contribution in [0.15, 0.2) is 11.6 Å². The Morgan fingerprint density at radius 2 is 2.22 bits per heavy atom. The van der Waals surface area contributed by atoms with Crippen molar-refractivity contribution in [3.63, 3.8) is 0 Å². The van der Waals surface area contributed by atoms with E-state index in [0.717, 1.165) is 5.57 Å². The summed E-state index contributed by atoms with van der Waals surface area (Å²) in [5.74, 6) is 0. The summed E-state index contributed by atoms with van der Waals surface area (Å²) in [5, 5.41) is 0. The van der Waals surface area contributed by atoms with Gasteiger partial charge in [0.15, 0.2) is 0 Å². The van der Waals surface area contributed by atoms with Crippen molar-refractivity contribution in [1.29, 1.82) is 0 Å². The fourth-order valence-corrected chi connectivity index (χ4v) is 0.274. The van der Waals surface area contributed by atoms with Crippen molar-refractivity contribution < 1.29 is 13.9 Å². The second-order valence-corrected chi connectivity index (χ2v) is 1.83. The predicted molar refractivity (Wildman–Crippen MR) is 31.9 cm³/mol. The molecular formula is C6H9FO2. The van der Waals surface area contributed by atoms with Crippen LogP contribution >= 0.6 is 0 Å². The van der Waals surface area contributed by atoms with E-state index in [1.807, 2.05) is 13.8 Å². The first-order valence-electron chi connectivity index (χ1n) is 2.58. The van der Waals surface area contributed by atoms with Gasteiger partial charge in [-0.1, -0.05) is 5.57 Å². The summed E-state index contributed by atoms with van der Waals surface area (Å²) < 4.78 is 15.2. The van der Waals surface area contributed by atoms with Crippen LogP contribution in [-0.4, -0.2) is 12.8 Å². The van der Waals surface area contributed by atoms with Crippen LogP contribution in [0, 0.1) is 0 Å². The monoisotopic (exact) mass is 132 g/mol. The maximum absolute atomic E-state index is 11.3. The largest absolute Gasteiger partial charge is 0.495 e. The second kappa shape index (κ2) is 4.06. The molecule has 0 amide bonds. The molecule has 3 heteroatoms. The predicted octanol–water partition coefficient (Wildman–Crippen LogP) is 2.06. The van der Waals surface area contributed by atoms with E-state index in [-0.39, 0.29) is 6.61 Å². The molecule has 0 spiro atoms. The first kappa shape index (κ1) is 8.14. The molecule has 52 valence electrons. The van der Waals surface area contributed by atoms with E-state index in [1.54, 1.807) is 6.08 Å². The molecule has 0 N–H and O–H groups in total. The quantitative estimate of drug-likeness (QED) is 0.424. The Morgan fingerprint density at radius 1 is 1.67 bits per heavy atom. The van der Waals surface area contributed by atoms with Crippen LogP contribution in [0.3, 0.4) is 0 Å². The minimum absolute atomic E-state index is 0.0255. The summed E-state index contributed by atoms with van der Waals surface area (Å²) >= 11 is 0. The Balaban J connectivity index is 3.31. The third-order valence-electron chi connectivity index (χ3n) is 0.688. The maximum Gasteiger partial charge on any atom is 0.495 e. The highest BCUT2D eigenvalue weighted by atomic mass is 19.1. The Bertz CT molecular complexity index is 125. The van der Waals surface area contributed by atoms with Crippen LogP contribution in [0.25, 0.3) is 0 Å². The van der Waals surface area contributed by atoms with E-state index < -0.39 is 6.22 Å². The molecule has 0 aromatic heterocycles. The fraction of sp³-hybridized carbons (Fsp3) is 0.500. The molecule has 0 aliphatic heterocycles. The van der Waals surface area contributed by atoms with E-state index in [4.69, 9.17) is 0 Å². The fourth-order valence-electron chi connectivity index (χ4n) is 0.274. The van der Waals surface area contributed by atoms with Gasteiger partial charge >= 0.3 is 6.22 Å². The summed E-state index contributed by atoms with van der Waals surface area (Å²) in [6, 6.07) is 0. The zero-order valence-corrected chi connectivity index (χ0v) is 5.48. The molecule has 0 aromatic rings. The SMILES string of the molecule is CC(C)=CCOC(=O)F. The first-order valence-corrected chi connectivity index (χ1v) is 2.58. The molecule has 0 aliphatic carbocycles. The molecular weight excluding hydrogens is 123 g/mol. The van der Waals surface area contributed by atoms with Crippen molar-refractivity contribution in [3.05, 3.63) is 11.6 Å². The zero-order valence-electron chi connectivity index (χ0n) is 5.48. The molecule has 2 nitrogen and oxygen atoms in total. The number of carbonyl (C=O) groups excluding carboxylic acids is 1. The molecule has 0 aromatic carbocycles. The molecule has 0 fully saturated rings. The average molecular weight is 132 g/mol. The highest BCUT2D eigenvalue weighted by Crippen LogP contribution is 1.89. The summed E-state index contributed by atoms with van der Waals surface area (Å²) in [6.07, 6.45) is -0.107. The maximum atomic E-state index is 11.3. The van der Waals surface area contributed by atoms with E-state index in [2.05, 4.69) is 4.74 Å². The standard InChI is InChI=1S/C6H9FO2/c1-5(2)3-4-9-6(7)8/h3H,4H2,1-2H3. The topological polar surface area (TPSA) is 26.3 Å². The van der Waals surface area contributed by atoms with Crippen LogP contribution in [0.5, 0.6) is 0 Å². The molecule has 0 bridgehead atoms. The molecule has 0 rings (SSSR count). The lowest BCUT2D eigenvalue weighted by Crippen LogP contribution is -1.93. The normalized spacial score (nSPS) is 8.33. The number of hydrogen-bond donors (Lipinski definition) is 0. The minimum atomic E-state index is -1.73. The van der Waals surface area contributed by atoms with E-state index >= 15 is 0 Å². The van der Waals surface area contributed by atoms with Crippen LogP contribution in [0.2, 0.25) is 0 Å².